The first-order valence-corrected chi connectivity index (χ1v) is 5.70. The molecule has 0 aromatic rings. The van der Waals surface area contributed by atoms with Crippen molar-refractivity contribution in [3.05, 3.63) is 0 Å². The number of fused-ring (bicyclic) bond motifs is 1. The maximum atomic E-state index is 11.4. The van der Waals surface area contributed by atoms with Crippen molar-refractivity contribution < 1.29 is 14.4 Å². The van der Waals surface area contributed by atoms with E-state index in [2.05, 4.69) is 0 Å². The molecule has 78 valence electrons. The van der Waals surface area contributed by atoms with E-state index in [1.807, 2.05) is 5.40 Å². The SMILES string of the molecule is N#CSC1CCC2C(=O)C(=O)C(=O)C2C1. The first-order chi connectivity index (χ1) is 7.15. The van der Waals surface area contributed by atoms with Gasteiger partial charge in [-0.3, -0.25) is 14.4 Å². The number of thiocyanates is 1. The number of carbonyl (C=O) groups excluding carboxylic acids is 3. The van der Waals surface area contributed by atoms with Crippen LogP contribution in [0.1, 0.15) is 19.3 Å². The number of carbonyl (C=O) groups is 3. The minimum Gasteiger partial charge on any atom is -0.290 e. The molecule has 0 aromatic heterocycles. The number of nitrogens with zero attached hydrogens (tertiary/aromatic N) is 1. The highest BCUT2D eigenvalue weighted by Crippen LogP contribution is 2.40. The van der Waals surface area contributed by atoms with Crippen molar-refractivity contribution in [3.8, 4) is 5.40 Å². The number of nitriles is 1. The molecule has 4 nitrogen and oxygen atoms in total. The van der Waals surface area contributed by atoms with Gasteiger partial charge in [-0.05, 0) is 31.0 Å². The minimum absolute atomic E-state index is 0.0962. The number of thioether (sulfide) groups is 1. The fourth-order valence-electron chi connectivity index (χ4n) is 2.38. The largest absolute Gasteiger partial charge is 0.290 e. The average molecular weight is 223 g/mol. The molecule has 0 heterocycles. The first-order valence-electron chi connectivity index (χ1n) is 4.82. The monoisotopic (exact) mass is 223 g/mol. The second kappa shape index (κ2) is 3.78. The number of ketones is 3. The molecule has 5 heteroatoms. The zero-order valence-corrected chi connectivity index (χ0v) is 8.75. The lowest BCUT2D eigenvalue weighted by Gasteiger charge is -2.26. The molecule has 2 aliphatic carbocycles. The topological polar surface area (TPSA) is 75.0 Å². The van der Waals surface area contributed by atoms with Crippen LogP contribution >= 0.6 is 11.8 Å². The molecule has 3 atom stereocenters. The van der Waals surface area contributed by atoms with Gasteiger partial charge >= 0.3 is 0 Å². The van der Waals surface area contributed by atoms with Gasteiger partial charge in [0.05, 0.1) is 0 Å². The standard InChI is InChI=1S/C10H9NO3S/c11-4-15-5-1-2-6-7(3-5)9(13)10(14)8(6)12/h5-7H,1-3H2. The van der Waals surface area contributed by atoms with Crippen LogP contribution in [0.15, 0.2) is 0 Å². The van der Waals surface area contributed by atoms with E-state index in [1.54, 1.807) is 0 Å². The van der Waals surface area contributed by atoms with Crippen LogP contribution in [-0.4, -0.2) is 22.6 Å². The summed E-state index contributed by atoms with van der Waals surface area (Å²) in [4.78, 5) is 34.0. The van der Waals surface area contributed by atoms with Gasteiger partial charge in [0.15, 0.2) is 0 Å². The lowest BCUT2D eigenvalue weighted by Crippen LogP contribution is -2.28. The van der Waals surface area contributed by atoms with Crippen molar-refractivity contribution in [3.63, 3.8) is 0 Å². The molecule has 15 heavy (non-hydrogen) atoms. The molecular formula is C10H9NO3S. The van der Waals surface area contributed by atoms with Crippen molar-refractivity contribution in [2.75, 3.05) is 0 Å². The van der Waals surface area contributed by atoms with Crippen LogP contribution in [0.25, 0.3) is 0 Å². The van der Waals surface area contributed by atoms with Gasteiger partial charge in [-0.2, -0.15) is 5.26 Å². The van der Waals surface area contributed by atoms with Gasteiger partial charge in [-0.15, -0.1) is 0 Å². The van der Waals surface area contributed by atoms with Crippen molar-refractivity contribution in [2.24, 2.45) is 11.8 Å². The molecule has 0 bridgehead atoms. The summed E-state index contributed by atoms with van der Waals surface area (Å²) in [6.45, 7) is 0. The van der Waals surface area contributed by atoms with Crippen molar-refractivity contribution in [1.82, 2.24) is 0 Å². The predicted molar refractivity (Wildman–Crippen MR) is 52.8 cm³/mol. The Morgan fingerprint density at radius 3 is 2.47 bits per heavy atom. The van der Waals surface area contributed by atoms with Crippen LogP contribution in [0.4, 0.5) is 0 Å². The van der Waals surface area contributed by atoms with Crippen LogP contribution in [0.5, 0.6) is 0 Å². The van der Waals surface area contributed by atoms with E-state index in [0.717, 1.165) is 18.2 Å². The molecule has 2 rings (SSSR count). The number of Topliss-reactive ketones (excluding diaryl/α,β-unsaturated/α-hetero) is 3. The Hall–Kier alpha value is -1.15. The molecule has 3 unspecified atom stereocenters. The van der Waals surface area contributed by atoms with Gasteiger partial charge < -0.3 is 0 Å². The zero-order chi connectivity index (χ0) is 11.0. The maximum Gasteiger partial charge on any atom is 0.264 e. The average Bonchev–Trinajstić information content (AvgIpc) is 2.45. The summed E-state index contributed by atoms with van der Waals surface area (Å²) in [5, 5.41) is 10.6. The fraction of sp³-hybridized carbons (Fsp3) is 0.600. The molecule has 0 spiro atoms. The van der Waals surface area contributed by atoms with Crippen LogP contribution in [0, 0.1) is 22.5 Å². The predicted octanol–water partition coefficient (Wildman–Crippen LogP) is 0.706. The van der Waals surface area contributed by atoms with Crippen molar-refractivity contribution in [1.29, 1.82) is 5.26 Å². The highest BCUT2D eigenvalue weighted by Gasteiger charge is 2.50. The van der Waals surface area contributed by atoms with E-state index in [0.29, 0.717) is 12.8 Å². The summed E-state index contributed by atoms with van der Waals surface area (Å²) in [6.07, 6.45) is 1.81. The van der Waals surface area contributed by atoms with E-state index in [4.69, 9.17) is 5.26 Å². The first kappa shape index (κ1) is 10.4. The summed E-state index contributed by atoms with van der Waals surface area (Å²) in [5.41, 5.74) is 0. The Bertz CT molecular complexity index is 385. The van der Waals surface area contributed by atoms with Crippen LogP contribution in [0.2, 0.25) is 0 Å². The number of hydrogen-bond donors (Lipinski definition) is 0. The molecule has 0 amide bonds. The van der Waals surface area contributed by atoms with E-state index < -0.39 is 23.3 Å². The molecular weight excluding hydrogens is 214 g/mol. The Kier molecular flexibility index (Phi) is 2.61. The quantitative estimate of drug-likeness (QED) is 0.483. The second-order valence-corrected chi connectivity index (χ2v) is 5.00. The van der Waals surface area contributed by atoms with Crippen molar-refractivity contribution >= 4 is 29.1 Å². The molecule has 0 radical (unpaired) electrons. The van der Waals surface area contributed by atoms with Crippen molar-refractivity contribution in [2.45, 2.75) is 24.5 Å². The van der Waals surface area contributed by atoms with E-state index in [1.165, 1.54) is 0 Å². The Balaban J connectivity index is 2.15. The highest BCUT2D eigenvalue weighted by atomic mass is 32.2. The third-order valence-corrected chi connectivity index (χ3v) is 4.01. The zero-order valence-electron chi connectivity index (χ0n) is 7.93. The Morgan fingerprint density at radius 1 is 1.13 bits per heavy atom. The smallest absolute Gasteiger partial charge is 0.264 e. The Morgan fingerprint density at radius 2 is 1.80 bits per heavy atom. The van der Waals surface area contributed by atoms with E-state index in [-0.39, 0.29) is 11.2 Å². The molecule has 2 fully saturated rings. The van der Waals surface area contributed by atoms with Gasteiger partial charge in [-0.25, -0.2) is 0 Å². The molecule has 0 saturated heterocycles. The van der Waals surface area contributed by atoms with Gasteiger partial charge in [0.2, 0.25) is 11.6 Å². The van der Waals surface area contributed by atoms with Crippen LogP contribution in [0.3, 0.4) is 0 Å². The summed E-state index contributed by atoms with van der Waals surface area (Å²) < 4.78 is 0. The second-order valence-electron chi connectivity index (χ2n) is 3.91. The lowest BCUT2D eigenvalue weighted by molar-refractivity contribution is -0.141. The maximum absolute atomic E-state index is 11.4. The third-order valence-electron chi connectivity index (χ3n) is 3.14. The normalized spacial score (nSPS) is 35.1. The summed E-state index contributed by atoms with van der Waals surface area (Å²) >= 11 is 1.14. The minimum atomic E-state index is -0.826. The van der Waals surface area contributed by atoms with Crippen LogP contribution < -0.4 is 0 Å². The van der Waals surface area contributed by atoms with Gasteiger partial charge in [0.25, 0.3) is 5.78 Å². The van der Waals surface area contributed by atoms with E-state index >= 15 is 0 Å². The molecule has 0 aliphatic heterocycles. The highest BCUT2D eigenvalue weighted by molar-refractivity contribution is 8.04. The molecule has 2 saturated carbocycles. The lowest BCUT2D eigenvalue weighted by atomic mass is 9.81. The number of rotatable bonds is 1. The summed E-state index contributed by atoms with van der Waals surface area (Å²) in [6, 6.07) is 0. The van der Waals surface area contributed by atoms with Crippen LogP contribution in [-0.2, 0) is 14.4 Å². The number of hydrogen-bond acceptors (Lipinski definition) is 5. The molecule has 0 N–H and O–H groups in total. The summed E-state index contributed by atoms with van der Waals surface area (Å²) in [5.74, 6) is -2.70. The van der Waals surface area contributed by atoms with Gasteiger partial charge in [-0.1, -0.05) is 0 Å². The van der Waals surface area contributed by atoms with Gasteiger partial charge in [0.1, 0.15) is 5.40 Å². The fourth-order valence-corrected chi connectivity index (χ4v) is 3.08. The Labute approximate surface area is 91.0 Å². The van der Waals surface area contributed by atoms with E-state index in [9.17, 15) is 14.4 Å². The van der Waals surface area contributed by atoms with Gasteiger partial charge in [0, 0.05) is 17.1 Å². The third kappa shape index (κ3) is 1.59. The molecule has 0 aromatic carbocycles. The summed E-state index contributed by atoms with van der Waals surface area (Å²) in [7, 11) is 0. The molecule has 2 aliphatic rings.